The zero-order valence-corrected chi connectivity index (χ0v) is 12.8. The number of rotatable bonds is 7. The highest BCUT2D eigenvalue weighted by molar-refractivity contribution is 6.32. The Kier molecular flexibility index (Phi) is 6.10. The van der Waals surface area contributed by atoms with E-state index in [1.165, 1.54) is 0 Å². The Morgan fingerprint density at radius 2 is 2.25 bits per heavy atom. The topological polar surface area (TPSA) is 39.7 Å². The van der Waals surface area contributed by atoms with E-state index in [1.807, 2.05) is 18.2 Å². The fraction of sp³-hybridized carbons (Fsp3) is 0.600. The Morgan fingerprint density at radius 3 is 2.95 bits per heavy atom. The normalized spacial score (nSPS) is 22.1. The molecule has 5 heteroatoms. The summed E-state index contributed by atoms with van der Waals surface area (Å²) in [5.74, 6) is 1.17. The maximum atomic E-state index is 6.19. The van der Waals surface area contributed by atoms with Crippen molar-refractivity contribution in [2.75, 3.05) is 40.5 Å². The van der Waals surface area contributed by atoms with Gasteiger partial charge in [-0.05, 0) is 24.1 Å². The minimum absolute atomic E-state index is 0.105. The van der Waals surface area contributed by atoms with Crippen LogP contribution in [0.5, 0.6) is 5.75 Å². The van der Waals surface area contributed by atoms with Gasteiger partial charge in [0.2, 0.25) is 0 Å². The summed E-state index contributed by atoms with van der Waals surface area (Å²) >= 11 is 6.19. The van der Waals surface area contributed by atoms with Crippen molar-refractivity contribution in [2.45, 2.75) is 12.5 Å². The van der Waals surface area contributed by atoms with Gasteiger partial charge >= 0.3 is 0 Å². The highest BCUT2D eigenvalue weighted by Gasteiger charge is 2.29. The number of nitrogens with one attached hydrogen (secondary N) is 1. The molecule has 2 unspecified atom stereocenters. The highest BCUT2D eigenvalue weighted by Crippen LogP contribution is 2.37. The molecular weight excluding hydrogens is 278 g/mol. The lowest BCUT2D eigenvalue weighted by Crippen LogP contribution is -2.27. The number of ether oxygens (including phenoxy) is 3. The third kappa shape index (κ3) is 3.85. The van der Waals surface area contributed by atoms with Crippen molar-refractivity contribution in [3.8, 4) is 5.75 Å². The number of halogens is 1. The quantitative estimate of drug-likeness (QED) is 0.786. The average Bonchev–Trinajstić information content (AvgIpc) is 2.92. The second-order valence-electron chi connectivity index (χ2n) is 4.93. The summed E-state index contributed by atoms with van der Waals surface area (Å²) in [6.07, 6.45) is 1.17. The summed E-state index contributed by atoms with van der Waals surface area (Å²) in [5, 5.41) is 4.03. The summed E-state index contributed by atoms with van der Waals surface area (Å²) in [7, 11) is 3.33. The van der Waals surface area contributed by atoms with Crippen LogP contribution < -0.4 is 10.1 Å². The third-order valence-electron chi connectivity index (χ3n) is 3.61. The molecule has 1 N–H and O–H groups in total. The Hall–Kier alpha value is -0.810. The van der Waals surface area contributed by atoms with Crippen LogP contribution in [0.15, 0.2) is 18.2 Å². The molecule has 0 amide bonds. The molecule has 20 heavy (non-hydrogen) atoms. The summed E-state index contributed by atoms with van der Waals surface area (Å²) in [6, 6.07) is 5.87. The minimum Gasteiger partial charge on any atom is -0.495 e. The van der Waals surface area contributed by atoms with Crippen molar-refractivity contribution in [1.29, 1.82) is 0 Å². The molecule has 1 aliphatic rings. The summed E-state index contributed by atoms with van der Waals surface area (Å²) < 4.78 is 16.1. The summed E-state index contributed by atoms with van der Waals surface area (Å²) in [6.45, 7) is 3.32. The largest absolute Gasteiger partial charge is 0.495 e. The fourth-order valence-corrected chi connectivity index (χ4v) is 2.80. The van der Waals surface area contributed by atoms with Gasteiger partial charge in [-0.25, -0.2) is 0 Å². The Labute approximate surface area is 125 Å². The molecule has 4 nitrogen and oxygen atoms in total. The van der Waals surface area contributed by atoms with E-state index in [-0.39, 0.29) is 6.10 Å². The van der Waals surface area contributed by atoms with Gasteiger partial charge in [0, 0.05) is 32.7 Å². The first-order valence-electron chi connectivity index (χ1n) is 6.91. The Morgan fingerprint density at radius 1 is 1.40 bits per heavy atom. The van der Waals surface area contributed by atoms with Gasteiger partial charge < -0.3 is 19.5 Å². The van der Waals surface area contributed by atoms with Crippen LogP contribution in [-0.4, -0.2) is 40.5 Å². The van der Waals surface area contributed by atoms with Crippen molar-refractivity contribution in [2.24, 2.45) is 5.92 Å². The van der Waals surface area contributed by atoms with E-state index in [0.717, 1.165) is 38.3 Å². The van der Waals surface area contributed by atoms with Crippen LogP contribution in [0, 0.1) is 5.92 Å². The molecule has 0 saturated carbocycles. The number of hydrogen-bond acceptors (Lipinski definition) is 4. The van der Waals surface area contributed by atoms with E-state index in [0.29, 0.717) is 16.7 Å². The van der Waals surface area contributed by atoms with Crippen LogP contribution in [0.1, 0.15) is 18.1 Å². The van der Waals surface area contributed by atoms with Crippen LogP contribution in [0.25, 0.3) is 0 Å². The molecule has 0 aromatic heterocycles. The van der Waals surface area contributed by atoms with E-state index in [1.54, 1.807) is 14.2 Å². The zero-order chi connectivity index (χ0) is 14.4. The van der Waals surface area contributed by atoms with Crippen LogP contribution in [0.2, 0.25) is 5.02 Å². The molecule has 1 aromatic carbocycles. The van der Waals surface area contributed by atoms with E-state index in [9.17, 15) is 0 Å². The number of hydrogen-bond donors (Lipinski definition) is 1. The highest BCUT2D eigenvalue weighted by atomic mass is 35.5. The molecule has 1 aliphatic heterocycles. The van der Waals surface area contributed by atoms with Gasteiger partial charge in [0.05, 0.1) is 24.8 Å². The molecule has 1 aromatic rings. The van der Waals surface area contributed by atoms with Crippen molar-refractivity contribution < 1.29 is 14.2 Å². The SMILES string of the molecule is COCCNCC1CCOC1c1ccc(OC)c(Cl)c1. The van der Waals surface area contributed by atoms with Crippen LogP contribution in [0.4, 0.5) is 0 Å². The van der Waals surface area contributed by atoms with Crippen molar-refractivity contribution in [1.82, 2.24) is 5.32 Å². The Bertz CT molecular complexity index is 428. The first-order chi connectivity index (χ1) is 9.76. The molecule has 0 radical (unpaired) electrons. The molecule has 2 rings (SSSR count). The fourth-order valence-electron chi connectivity index (χ4n) is 2.53. The lowest BCUT2D eigenvalue weighted by atomic mass is 9.95. The lowest BCUT2D eigenvalue weighted by molar-refractivity contribution is 0.0898. The van der Waals surface area contributed by atoms with Crippen molar-refractivity contribution in [3.63, 3.8) is 0 Å². The molecule has 1 saturated heterocycles. The van der Waals surface area contributed by atoms with E-state index in [2.05, 4.69) is 5.32 Å². The van der Waals surface area contributed by atoms with Crippen molar-refractivity contribution in [3.05, 3.63) is 28.8 Å². The zero-order valence-electron chi connectivity index (χ0n) is 12.0. The molecule has 1 fully saturated rings. The maximum Gasteiger partial charge on any atom is 0.137 e. The lowest BCUT2D eigenvalue weighted by Gasteiger charge is -2.20. The number of methoxy groups -OCH3 is 2. The molecule has 0 bridgehead atoms. The molecule has 0 aliphatic carbocycles. The molecular formula is C15H22ClNO3. The molecule has 0 spiro atoms. The maximum absolute atomic E-state index is 6.19. The van der Waals surface area contributed by atoms with Crippen LogP contribution in [0.3, 0.4) is 0 Å². The van der Waals surface area contributed by atoms with E-state index < -0.39 is 0 Å². The predicted octanol–water partition coefficient (Wildman–Crippen LogP) is 2.66. The first kappa shape index (κ1) is 15.6. The smallest absolute Gasteiger partial charge is 0.137 e. The second-order valence-corrected chi connectivity index (χ2v) is 5.34. The monoisotopic (exact) mass is 299 g/mol. The van der Waals surface area contributed by atoms with Gasteiger partial charge in [-0.3, -0.25) is 0 Å². The summed E-state index contributed by atoms with van der Waals surface area (Å²) in [5.41, 5.74) is 1.12. The minimum atomic E-state index is 0.105. The van der Waals surface area contributed by atoms with Gasteiger partial charge in [0.15, 0.2) is 0 Å². The van der Waals surface area contributed by atoms with Gasteiger partial charge in [-0.2, -0.15) is 0 Å². The third-order valence-corrected chi connectivity index (χ3v) is 3.90. The van der Waals surface area contributed by atoms with Gasteiger partial charge in [-0.15, -0.1) is 0 Å². The summed E-state index contributed by atoms with van der Waals surface area (Å²) in [4.78, 5) is 0. The Balaban J connectivity index is 1.97. The average molecular weight is 300 g/mol. The molecule has 1 heterocycles. The van der Waals surface area contributed by atoms with Crippen molar-refractivity contribution >= 4 is 11.6 Å². The predicted molar refractivity (Wildman–Crippen MR) is 79.5 cm³/mol. The van der Waals surface area contributed by atoms with E-state index in [4.69, 9.17) is 25.8 Å². The standard InChI is InChI=1S/C15H22ClNO3/c1-18-8-6-17-10-12-5-7-20-15(12)11-3-4-14(19-2)13(16)9-11/h3-4,9,12,15,17H,5-8,10H2,1-2H3. The van der Waals surface area contributed by atoms with Gasteiger partial charge in [-0.1, -0.05) is 17.7 Å². The molecule has 2 atom stereocenters. The second kappa shape index (κ2) is 7.84. The van der Waals surface area contributed by atoms with Gasteiger partial charge in [0.1, 0.15) is 5.75 Å². The first-order valence-corrected chi connectivity index (χ1v) is 7.28. The van der Waals surface area contributed by atoms with Crippen LogP contribution in [-0.2, 0) is 9.47 Å². The molecule has 112 valence electrons. The van der Waals surface area contributed by atoms with E-state index >= 15 is 0 Å². The van der Waals surface area contributed by atoms with Crippen LogP contribution >= 0.6 is 11.6 Å². The van der Waals surface area contributed by atoms with Gasteiger partial charge in [0.25, 0.3) is 0 Å². The number of benzene rings is 1.